The summed E-state index contributed by atoms with van der Waals surface area (Å²) in [7, 11) is 0. The summed E-state index contributed by atoms with van der Waals surface area (Å²) in [5.41, 5.74) is -0.0652. The van der Waals surface area contributed by atoms with Crippen LogP contribution in [-0.2, 0) is 11.8 Å². The first-order chi connectivity index (χ1) is 10.0. The Bertz CT molecular complexity index is 590. The fourth-order valence-electron chi connectivity index (χ4n) is 2.29. The van der Waals surface area contributed by atoms with Crippen molar-refractivity contribution in [2.24, 2.45) is 0 Å². The molecule has 0 aliphatic carbocycles. The zero-order chi connectivity index (χ0) is 15.5. The van der Waals surface area contributed by atoms with Gasteiger partial charge in [0.25, 0.3) is 0 Å². The molecule has 0 atom stereocenters. The summed E-state index contributed by atoms with van der Waals surface area (Å²) >= 11 is 11.9. The van der Waals surface area contributed by atoms with Crippen LogP contribution in [0.4, 0.5) is 4.39 Å². The van der Waals surface area contributed by atoms with Gasteiger partial charge in [0.1, 0.15) is 5.82 Å². The van der Waals surface area contributed by atoms with Crippen LogP contribution >= 0.6 is 23.2 Å². The van der Waals surface area contributed by atoms with Crippen molar-refractivity contribution in [2.75, 3.05) is 13.2 Å². The highest BCUT2D eigenvalue weighted by molar-refractivity contribution is 6.31. The lowest BCUT2D eigenvalue weighted by molar-refractivity contribution is 0.115. The zero-order valence-corrected chi connectivity index (χ0v) is 12.7. The lowest BCUT2D eigenvalue weighted by atomic mass is 9.76. The topological polar surface area (TPSA) is 40.5 Å². The minimum Gasteiger partial charge on any atom is -0.395 e. The normalized spacial score (nSPS) is 11.7. The Morgan fingerprint density at radius 1 is 0.952 bits per heavy atom. The van der Waals surface area contributed by atoms with Gasteiger partial charge in [-0.25, -0.2) is 4.39 Å². The third-order valence-corrected chi connectivity index (χ3v) is 4.24. The summed E-state index contributed by atoms with van der Waals surface area (Å²) in [6, 6.07) is 11.2. The van der Waals surface area contributed by atoms with E-state index >= 15 is 0 Å². The quantitative estimate of drug-likeness (QED) is 0.880. The summed E-state index contributed by atoms with van der Waals surface area (Å²) in [4.78, 5) is 0. The van der Waals surface area contributed by atoms with Gasteiger partial charge in [0.2, 0.25) is 0 Å². The van der Waals surface area contributed by atoms with Crippen LogP contribution in [0.2, 0.25) is 10.0 Å². The molecule has 0 radical (unpaired) electrons. The highest BCUT2D eigenvalue weighted by atomic mass is 35.5. The summed E-state index contributed by atoms with van der Waals surface area (Å²) in [5, 5.41) is 20.4. The van der Waals surface area contributed by atoms with Crippen LogP contribution in [0.3, 0.4) is 0 Å². The van der Waals surface area contributed by atoms with Gasteiger partial charge in [-0.1, -0.05) is 41.4 Å². The second-order valence-corrected chi connectivity index (χ2v) is 5.82. The van der Waals surface area contributed by atoms with E-state index in [1.54, 1.807) is 30.3 Å². The van der Waals surface area contributed by atoms with Crippen LogP contribution in [0.25, 0.3) is 0 Å². The Morgan fingerprint density at radius 2 is 1.57 bits per heavy atom. The van der Waals surface area contributed by atoms with E-state index in [-0.39, 0.29) is 30.2 Å². The molecule has 0 heterocycles. The molecule has 5 heteroatoms. The number of benzene rings is 2. The molecule has 2 N–H and O–H groups in total. The molecule has 0 saturated heterocycles. The smallest absolute Gasteiger partial charge is 0.127 e. The van der Waals surface area contributed by atoms with Crippen LogP contribution < -0.4 is 0 Å². The number of hydrogen-bond donors (Lipinski definition) is 2. The van der Waals surface area contributed by atoms with Gasteiger partial charge in [-0.05, 0) is 36.2 Å². The predicted octanol–water partition coefficient (Wildman–Crippen LogP) is 3.60. The summed E-state index contributed by atoms with van der Waals surface area (Å²) in [5.74, 6) is -0.456. The third kappa shape index (κ3) is 3.38. The van der Waals surface area contributed by atoms with Crippen molar-refractivity contribution in [1.29, 1.82) is 0 Å². The molecule has 112 valence electrons. The van der Waals surface area contributed by atoms with E-state index in [0.29, 0.717) is 10.6 Å². The van der Waals surface area contributed by atoms with Crippen LogP contribution in [-0.4, -0.2) is 23.4 Å². The first kappa shape index (κ1) is 16.2. The van der Waals surface area contributed by atoms with E-state index in [0.717, 1.165) is 0 Å². The van der Waals surface area contributed by atoms with Crippen molar-refractivity contribution in [3.8, 4) is 0 Å². The van der Waals surface area contributed by atoms with Gasteiger partial charge in [-0.3, -0.25) is 0 Å². The summed E-state index contributed by atoms with van der Waals surface area (Å²) in [6.07, 6.45) is 0.0904. The molecule has 0 fully saturated rings. The molecule has 21 heavy (non-hydrogen) atoms. The number of aliphatic hydroxyl groups is 2. The van der Waals surface area contributed by atoms with E-state index in [9.17, 15) is 14.6 Å². The number of halogens is 3. The summed E-state index contributed by atoms with van der Waals surface area (Å²) < 4.78 is 14.0. The average Bonchev–Trinajstić information content (AvgIpc) is 2.49. The minimum absolute atomic E-state index is 0.0904. The van der Waals surface area contributed by atoms with Crippen molar-refractivity contribution in [3.63, 3.8) is 0 Å². The minimum atomic E-state index is -1.02. The van der Waals surface area contributed by atoms with E-state index in [1.807, 2.05) is 0 Å². The molecule has 0 spiro atoms. The fraction of sp³-hybridized carbons (Fsp3) is 0.250. The van der Waals surface area contributed by atoms with Gasteiger partial charge in [0.05, 0.1) is 13.2 Å². The lowest BCUT2D eigenvalue weighted by Crippen LogP contribution is -2.37. The molecule has 0 saturated carbocycles. The standard InChI is InChI=1S/C16H15Cl2FO2/c17-12-6-4-11(5-7-12)16(9-20,10-21)8-13-14(18)2-1-3-15(13)19/h1-7,20-21H,8-10H2. The second-order valence-electron chi connectivity index (χ2n) is 4.98. The lowest BCUT2D eigenvalue weighted by Gasteiger charge is -2.31. The Hall–Kier alpha value is -1.13. The van der Waals surface area contributed by atoms with E-state index < -0.39 is 11.2 Å². The molecule has 2 aromatic carbocycles. The fourth-order valence-corrected chi connectivity index (χ4v) is 2.65. The molecule has 0 aromatic heterocycles. The van der Waals surface area contributed by atoms with Gasteiger partial charge in [-0.15, -0.1) is 0 Å². The molecule has 0 aliphatic rings. The molecule has 0 bridgehead atoms. The molecule has 2 aromatic rings. The van der Waals surface area contributed by atoms with Gasteiger partial charge in [-0.2, -0.15) is 0 Å². The highest BCUT2D eigenvalue weighted by Gasteiger charge is 2.33. The van der Waals surface area contributed by atoms with Crippen molar-refractivity contribution in [2.45, 2.75) is 11.8 Å². The number of aliphatic hydroxyl groups excluding tert-OH is 2. The van der Waals surface area contributed by atoms with Crippen LogP contribution in [0, 0.1) is 5.82 Å². The first-order valence-electron chi connectivity index (χ1n) is 6.43. The van der Waals surface area contributed by atoms with Gasteiger partial charge in [0.15, 0.2) is 0 Å². The van der Waals surface area contributed by atoms with E-state index in [1.165, 1.54) is 12.1 Å². The van der Waals surface area contributed by atoms with Crippen LogP contribution in [0.5, 0.6) is 0 Å². The van der Waals surface area contributed by atoms with Crippen LogP contribution in [0.1, 0.15) is 11.1 Å². The first-order valence-corrected chi connectivity index (χ1v) is 7.18. The molecular formula is C16H15Cl2FO2. The van der Waals surface area contributed by atoms with Gasteiger partial charge >= 0.3 is 0 Å². The molecule has 0 unspecified atom stereocenters. The second kappa shape index (κ2) is 6.75. The molecule has 2 nitrogen and oxygen atoms in total. The summed E-state index contributed by atoms with van der Waals surface area (Å²) in [6.45, 7) is -0.675. The number of hydrogen-bond acceptors (Lipinski definition) is 2. The van der Waals surface area contributed by atoms with E-state index in [4.69, 9.17) is 23.2 Å². The molecular weight excluding hydrogens is 314 g/mol. The molecule has 2 rings (SSSR count). The van der Waals surface area contributed by atoms with Crippen molar-refractivity contribution in [1.82, 2.24) is 0 Å². The third-order valence-electron chi connectivity index (χ3n) is 3.64. The Balaban J connectivity index is 2.45. The van der Waals surface area contributed by atoms with Crippen molar-refractivity contribution >= 4 is 23.2 Å². The SMILES string of the molecule is OCC(CO)(Cc1c(F)cccc1Cl)c1ccc(Cl)cc1. The maximum absolute atomic E-state index is 14.0. The predicted molar refractivity (Wildman–Crippen MR) is 82.4 cm³/mol. The number of rotatable bonds is 5. The van der Waals surface area contributed by atoms with E-state index in [2.05, 4.69) is 0 Å². The average molecular weight is 329 g/mol. The van der Waals surface area contributed by atoms with Gasteiger partial charge in [0, 0.05) is 21.0 Å². The van der Waals surface area contributed by atoms with Crippen molar-refractivity contribution < 1.29 is 14.6 Å². The zero-order valence-electron chi connectivity index (χ0n) is 11.2. The van der Waals surface area contributed by atoms with Crippen molar-refractivity contribution in [3.05, 3.63) is 69.5 Å². The highest BCUT2D eigenvalue weighted by Crippen LogP contribution is 2.32. The van der Waals surface area contributed by atoms with Crippen LogP contribution in [0.15, 0.2) is 42.5 Å². The largest absolute Gasteiger partial charge is 0.395 e. The monoisotopic (exact) mass is 328 g/mol. The Kier molecular flexibility index (Phi) is 5.22. The van der Waals surface area contributed by atoms with Gasteiger partial charge < -0.3 is 10.2 Å². The maximum atomic E-state index is 14.0. The Labute approximate surface area is 132 Å². The molecule has 0 aliphatic heterocycles. The Morgan fingerprint density at radius 3 is 2.10 bits per heavy atom. The molecule has 0 amide bonds. The maximum Gasteiger partial charge on any atom is 0.127 e.